The first kappa shape index (κ1) is 24.7. The van der Waals surface area contributed by atoms with Gasteiger partial charge in [-0.25, -0.2) is 4.98 Å². The molecule has 1 aromatic carbocycles. The molecule has 10 nitrogen and oxygen atoms in total. The summed E-state index contributed by atoms with van der Waals surface area (Å²) in [6, 6.07) is 7.09. The van der Waals surface area contributed by atoms with Crippen LogP contribution in [0.5, 0.6) is 5.75 Å². The van der Waals surface area contributed by atoms with Gasteiger partial charge in [0.2, 0.25) is 5.95 Å². The number of aromatic nitrogens is 3. The number of hydrogen-bond donors (Lipinski definition) is 3. The van der Waals surface area contributed by atoms with E-state index in [4.69, 9.17) is 16.3 Å². The minimum Gasteiger partial charge on any atom is -0.478 e. The standard InChI is InChI=1S/C24H29ClN6O4/c1-14(2)31-19-5-4-16(10-15(19)11-20(23(31)34)35-13-21(33)26-3)28-22-18(25)12-27-24(29-22)30-8-6-17(32)7-9-30/h4-5,10-12,14,17,32H,6-9,13H2,1-3H3,(H,26,33)(H,27,28,29). The number of hydrogen-bond acceptors (Lipinski definition) is 8. The molecule has 0 bridgehead atoms. The second kappa shape index (κ2) is 10.5. The van der Waals surface area contributed by atoms with E-state index in [-0.39, 0.29) is 36.0 Å². The second-order valence-corrected chi connectivity index (χ2v) is 9.13. The van der Waals surface area contributed by atoms with Crippen molar-refractivity contribution in [3.05, 3.63) is 45.8 Å². The molecule has 0 saturated carbocycles. The number of carbonyl (C=O) groups excluding carboxylic acids is 1. The van der Waals surface area contributed by atoms with Crippen molar-refractivity contribution >= 4 is 45.9 Å². The second-order valence-electron chi connectivity index (χ2n) is 8.72. The molecule has 1 amide bonds. The fourth-order valence-corrected chi connectivity index (χ4v) is 4.17. The molecule has 1 saturated heterocycles. The van der Waals surface area contributed by atoms with Crippen LogP contribution in [0.15, 0.2) is 35.3 Å². The number of likely N-dealkylation sites (N-methyl/N-ethyl adjacent to an activating group) is 1. The van der Waals surface area contributed by atoms with Gasteiger partial charge in [0.25, 0.3) is 11.5 Å². The minimum atomic E-state index is -0.326. The highest BCUT2D eigenvalue weighted by molar-refractivity contribution is 6.32. The van der Waals surface area contributed by atoms with E-state index in [9.17, 15) is 14.7 Å². The van der Waals surface area contributed by atoms with Crippen LogP contribution < -0.4 is 25.8 Å². The van der Waals surface area contributed by atoms with Crippen molar-refractivity contribution in [3.8, 4) is 5.75 Å². The Morgan fingerprint density at radius 1 is 1.29 bits per heavy atom. The van der Waals surface area contributed by atoms with Crippen molar-refractivity contribution in [3.63, 3.8) is 0 Å². The molecule has 1 aliphatic rings. The zero-order valence-electron chi connectivity index (χ0n) is 19.9. The van der Waals surface area contributed by atoms with Crippen molar-refractivity contribution in [2.75, 3.05) is 37.0 Å². The summed E-state index contributed by atoms with van der Waals surface area (Å²) >= 11 is 6.37. The molecule has 3 aromatic rings. The number of nitrogens with one attached hydrogen (secondary N) is 2. The molecular weight excluding hydrogens is 472 g/mol. The zero-order valence-corrected chi connectivity index (χ0v) is 20.7. The van der Waals surface area contributed by atoms with Crippen LogP contribution in [0.3, 0.4) is 0 Å². The summed E-state index contributed by atoms with van der Waals surface area (Å²) in [6.07, 6.45) is 2.60. The van der Waals surface area contributed by atoms with E-state index in [1.54, 1.807) is 16.8 Å². The average Bonchev–Trinajstić information content (AvgIpc) is 2.84. The number of carbonyl (C=O) groups is 1. The summed E-state index contributed by atoms with van der Waals surface area (Å²) in [5.41, 5.74) is 1.15. The maximum Gasteiger partial charge on any atom is 0.293 e. The monoisotopic (exact) mass is 500 g/mol. The SMILES string of the molecule is CNC(=O)COc1cc2cc(Nc3nc(N4CCC(O)CC4)ncc3Cl)ccc2n(C(C)C)c1=O. The summed E-state index contributed by atoms with van der Waals surface area (Å²) in [6.45, 7) is 4.92. The van der Waals surface area contributed by atoms with Crippen LogP contribution in [-0.4, -0.2) is 58.4 Å². The molecule has 35 heavy (non-hydrogen) atoms. The number of pyridine rings is 1. The van der Waals surface area contributed by atoms with Gasteiger partial charge in [-0.3, -0.25) is 9.59 Å². The molecule has 11 heteroatoms. The van der Waals surface area contributed by atoms with Crippen molar-refractivity contribution in [1.82, 2.24) is 19.9 Å². The van der Waals surface area contributed by atoms with Gasteiger partial charge in [-0.2, -0.15) is 4.98 Å². The highest BCUT2D eigenvalue weighted by Crippen LogP contribution is 2.29. The number of rotatable bonds is 7. The predicted octanol–water partition coefficient (Wildman–Crippen LogP) is 2.86. The maximum atomic E-state index is 13.0. The number of ether oxygens (including phenoxy) is 1. The first-order valence-corrected chi connectivity index (χ1v) is 11.9. The van der Waals surface area contributed by atoms with Crippen molar-refractivity contribution in [2.45, 2.75) is 38.8 Å². The summed E-state index contributed by atoms with van der Waals surface area (Å²) < 4.78 is 7.16. The number of halogens is 1. The summed E-state index contributed by atoms with van der Waals surface area (Å²) in [4.78, 5) is 35.6. The number of fused-ring (bicyclic) bond motifs is 1. The first-order valence-electron chi connectivity index (χ1n) is 11.5. The van der Waals surface area contributed by atoms with E-state index in [1.165, 1.54) is 7.05 Å². The third-order valence-corrected chi connectivity index (χ3v) is 6.18. The molecule has 4 rings (SSSR count). The Morgan fingerprint density at radius 2 is 2.03 bits per heavy atom. The maximum absolute atomic E-state index is 13.0. The Labute approximate surface area is 207 Å². The lowest BCUT2D eigenvalue weighted by Crippen LogP contribution is -2.36. The Bertz CT molecular complexity index is 1290. The fraction of sp³-hybridized carbons (Fsp3) is 0.417. The smallest absolute Gasteiger partial charge is 0.293 e. The highest BCUT2D eigenvalue weighted by Gasteiger charge is 2.20. The van der Waals surface area contributed by atoms with Crippen LogP contribution >= 0.6 is 11.6 Å². The molecule has 2 aromatic heterocycles. The highest BCUT2D eigenvalue weighted by atomic mass is 35.5. The Kier molecular flexibility index (Phi) is 7.42. The van der Waals surface area contributed by atoms with Gasteiger partial charge < -0.3 is 29.9 Å². The summed E-state index contributed by atoms with van der Waals surface area (Å²) in [5, 5.41) is 16.6. The van der Waals surface area contributed by atoms with Crippen molar-refractivity contribution < 1.29 is 14.6 Å². The molecule has 0 atom stereocenters. The zero-order chi connectivity index (χ0) is 25.1. The lowest BCUT2D eigenvalue weighted by Gasteiger charge is -2.29. The summed E-state index contributed by atoms with van der Waals surface area (Å²) in [7, 11) is 1.51. The van der Waals surface area contributed by atoms with Gasteiger partial charge in [-0.05, 0) is 51.0 Å². The molecule has 0 radical (unpaired) electrons. The van der Waals surface area contributed by atoms with Crippen LogP contribution in [-0.2, 0) is 4.79 Å². The van der Waals surface area contributed by atoms with Crippen LogP contribution in [0.2, 0.25) is 5.02 Å². The summed E-state index contributed by atoms with van der Waals surface area (Å²) in [5.74, 6) is 0.772. The van der Waals surface area contributed by atoms with Crippen LogP contribution in [0.25, 0.3) is 10.9 Å². The number of anilines is 3. The molecule has 186 valence electrons. The number of aliphatic hydroxyl groups excluding tert-OH is 1. The lowest BCUT2D eigenvalue weighted by molar-refractivity contribution is -0.122. The molecule has 0 spiro atoms. The normalized spacial score (nSPS) is 14.4. The van der Waals surface area contributed by atoms with Gasteiger partial charge in [0.15, 0.2) is 18.2 Å². The Morgan fingerprint density at radius 3 is 2.71 bits per heavy atom. The molecule has 1 fully saturated rings. The van der Waals surface area contributed by atoms with Gasteiger partial charge >= 0.3 is 0 Å². The molecule has 3 heterocycles. The quantitative estimate of drug-likeness (QED) is 0.452. The first-order chi connectivity index (χ1) is 16.8. The third-order valence-electron chi connectivity index (χ3n) is 5.90. The number of aliphatic hydroxyl groups is 1. The van der Waals surface area contributed by atoms with E-state index < -0.39 is 0 Å². The number of amides is 1. The molecule has 3 N–H and O–H groups in total. The Balaban J connectivity index is 1.66. The van der Waals surface area contributed by atoms with Crippen LogP contribution in [0.1, 0.15) is 32.7 Å². The van der Waals surface area contributed by atoms with E-state index in [0.717, 1.165) is 10.9 Å². The van der Waals surface area contributed by atoms with E-state index >= 15 is 0 Å². The third kappa shape index (κ3) is 5.49. The van der Waals surface area contributed by atoms with E-state index in [1.807, 2.05) is 36.9 Å². The topological polar surface area (TPSA) is 122 Å². The molecule has 0 unspecified atom stereocenters. The number of nitrogens with zero attached hydrogens (tertiary/aromatic N) is 4. The largest absolute Gasteiger partial charge is 0.478 e. The van der Waals surface area contributed by atoms with Gasteiger partial charge in [0.05, 0.1) is 17.8 Å². The predicted molar refractivity (Wildman–Crippen MR) is 136 cm³/mol. The van der Waals surface area contributed by atoms with Gasteiger partial charge in [0, 0.05) is 37.3 Å². The van der Waals surface area contributed by atoms with Gasteiger partial charge in [-0.15, -0.1) is 0 Å². The van der Waals surface area contributed by atoms with Crippen LogP contribution in [0, 0.1) is 0 Å². The van der Waals surface area contributed by atoms with Crippen LogP contribution in [0.4, 0.5) is 17.5 Å². The van der Waals surface area contributed by atoms with Gasteiger partial charge in [-0.1, -0.05) is 11.6 Å². The van der Waals surface area contributed by atoms with E-state index in [0.29, 0.717) is 48.4 Å². The molecule has 0 aliphatic carbocycles. The van der Waals surface area contributed by atoms with Crippen molar-refractivity contribution in [1.29, 1.82) is 0 Å². The van der Waals surface area contributed by atoms with Gasteiger partial charge in [0.1, 0.15) is 5.02 Å². The fourth-order valence-electron chi connectivity index (χ4n) is 4.03. The number of piperidine rings is 1. The lowest BCUT2D eigenvalue weighted by atomic mass is 10.1. The minimum absolute atomic E-state index is 0.0987. The average molecular weight is 501 g/mol. The molecular formula is C24H29ClN6O4. The molecule has 1 aliphatic heterocycles. The van der Waals surface area contributed by atoms with E-state index in [2.05, 4.69) is 20.6 Å². The number of benzene rings is 1. The Hall–Kier alpha value is -3.37. The van der Waals surface area contributed by atoms with Crippen molar-refractivity contribution in [2.24, 2.45) is 0 Å².